The van der Waals surface area contributed by atoms with Gasteiger partial charge in [-0.25, -0.2) is 9.59 Å². The van der Waals surface area contributed by atoms with Crippen molar-refractivity contribution in [3.8, 4) is 11.1 Å². The molecule has 0 spiro atoms. The molecule has 2 amide bonds. The van der Waals surface area contributed by atoms with E-state index < -0.39 is 24.3 Å². The number of rotatable bonds is 14. The van der Waals surface area contributed by atoms with Crippen LogP contribution in [0.3, 0.4) is 0 Å². The van der Waals surface area contributed by atoms with E-state index in [1.807, 2.05) is 66.7 Å². The Morgan fingerprint density at radius 2 is 1.55 bits per heavy atom. The van der Waals surface area contributed by atoms with Gasteiger partial charge in [0.05, 0.1) is 25.9 Å². The van der Waals surface area contributed by atoms with E-state index in [1.54, 1.807) is 0 Å². The van der Waals surface area contributed by atoms with E-state index in [1.165, 1.54) is 45.9 Å². The fraction of sp³-hybridized carbons (Fsp3) is 0.422. The van der Waals surface area contributed by atoms with Crippen LogP contribution < -0.4 is 10.6 Å². The van der Waals surface area contributed by atoms with Crippen LogP contribution >= 0.6 is 0 Å². The maximum absolute atomic E-state index is 13.0. The molecular formula is C45H54N4O6. The van der Waals surface area contributed by atoms with Crippen LogP contribution in [0.1, 0.15) is 72.3 Å². The highest BCUT2D eigenvalue weighted by Gasteiger charge is 2.36. The third-order valence-corrected chi connectivity index (χ3v) is 11.2. The van der Waals surface area contributed by atoms with Crippen molar-refractivity contribution in [3.63, 3.8) is 0 Å². The molecule has 3 fully saturated rings. The molecule has 0 saturated carbocycles. The van der Waals surface area contributed by atoms with Crippen molar-refractivity contribution in [1.29, 1.82) is 0 Å². The van der Waals surface area contributed by atoms with Crippen LogP contribution in [0.15, 0.2) is 103 Å². The fourth-order valence-corrected chi connectivity index (χ4v) is 8.25. The van der Waals surface area contributed by atoms with Crippen molar-refractivity contribution >= 4 is 12.0 Å². The van der Waals surface area contributed by atoms with Crippen molar-refractivity contribution in [1.82, 2.24) is 20.4 Å². The molecule has 290 valence electrons. The number of urea groups is 1. The van der Waals surface area contributed by atoms with Crippen LogP contribution in [0.5, 0.6) is 0 Å². The van der Waals surface area contributed by atoms with Crippen LogP contribution in [0.4, 0.5) is 4.79 Å². The Hall–Kier alpha value is -4.58. The SMILES string of the molecule is COC(=O)C(Cc1ccccc1)NC(=O)NCc1ccccc1-c1ccc(C2OC(CN3CCCC3CN3CCCC3)CC(c3ccc(CO)cc3)O2)cc1. The summed E-state index contributed by atoms with van der Waals surface area (Å²) in [6.07, 6.45) is 5.50. The maximum Gasteiger partial charge on any atom is 0.328 e. The number of likely N-dealkylation sites (tertiary alicyclic amines) is 2. The highest BCUT2D eigenvalue weighted by Crippen LogP contribution is 2.39. The van der Waals surface area contributed by atoms with Crippen molar-refractivity contribution < 1.29 is 28.9 Å². The van der Waals surface area contributed by atoms with E-state index in [9.17, 15) is 14.7 Å². The van der Waals surface area contributed by atoms with E-state index in [0.717, 1.165) is 65.0 Å². The van der Waals surface area contributed by atoms with Gasteiger partial charge in [-0.05, 0) is 78.7 Å². The predicted molar refractivity (Wildman–Crippen MR) is 212 cm³/mol. The summed E-state index contributed by atoms with van der Waals surface area (Å²) >= 11 is 0. The minimum Gasteiger partial charge on any atom is -0.467 e. The molecule has 3 N–H and O–H groups in total. The average Bonchev–Trinajstić information content (AvgIpc) is 3.92. The summed E-state index contributed by atoms with van der Waals surface area (Å²) in [7, 11) is 1.32. The number of nitrogens with one attached hydrogen (secondary N) is 2. The van der Waals surface area contributed by atoms with Crippen molar-refractivity contribution in [2.75, 3.05) is 39.8 Å². The Balaban J connectivity index is 1.03. The quantitative estimate of drug-likeness (QED) is 0.125. The van der Waals surface area contributed by atoms with Gasteiger partial charge in [-0.1, -0.05) is 103 Å². The van der Waals surface area contributed by atoms with Gasteiger partial charge in [0.1, 0.15) is 6.04 Å². The van der Waals surface area contributed by atoms with E-state index in [4.69, 9.17) is 14.2 Å². The topological polar surface area (TPSA) is 113 Å². The maximum atomic E-state index is 13.0. The molecule has 10 nitrogen and oxygen atoms in total. The third-order valence-electron chi connectivity index (χ3n) is 11.2. The number of esters is 1. The number of hydrogen-bond donors (Lipinski definition) is 3. The highest BCUT2D eigenvalue weighted by molar-refractivity contribution is 5.84. The zero-order valence-electron chi connectivity index (χ0n) is 31.8. The summed E-state index contributed by atoms with van der Waals surface area (Å²) in [4.78, 5) is 30.8. The average molecular weight is 747 g/mol. The fourth-order valence-electron chi connectivity index (χ4n) is 8.25. The molecule has 3 aliphatic heterocycles. The highest BCUT2D eigenvalue weighted by atomic mass is 16.7. The Bertz CT molecular complexity index is 1830. The molecule has 4 aromatic carbocycles. The number of methoxy groups -OCH3 is 1. The van der Waals surface area contributed by atoms with Gasteiger partial charge in [0.2, 0.25) is 0 Å². The van der Waals surface area contributed by atoms with Gasteiger partial charge in [0, 0.05) is 44.1 Å². The largest absolute Gasteiger partial charge is 0.467 e. The Labute approximate surface area is 324 Å². The summed E-state index contributed by atoms with van der Waals surface area (Å²) < 4.78 is 18.4. The van der Waals surface area contributed by atoms with Gasteiger partial charge >= 0.3 is 12.0 Å². The third kappa shape index (κ3) is 10.2. The summed E-state index contributed by atoms with van der Waals surface area (Å²) in [5, 5.41) is 15.4. The molecule has 3 heterocycles. The summed E-state index contributed by atoms with van der Waals surface area (Å²) in [5.41, 5.74) is 6.77. The lowest BCUT2D eigenvalue weighted by molar-refractivity contribution is -0.253. The first-order valence-electron chi connectivity index (χ1n) is 19.8. The first-order valence-corrected chi connectivity index (χ1v) is 19.8. The summed E-state index contributed by atoms with van der Waals surface area (Å²) in [6.45, 7) is 5.83. The molecule has 4 aromatic rings. The number of aliphatic hydroxyl groups is 1. The molecule has 3 saturated heterocycles. The van der Waals surface area contributed by atoms with E-state index in [-0.39, 0.29) is 25.4 Å². The molecule has 0 aromatic heterocycles. The molecule has 0 bridgehead atoms. The first-order chi connectivity index (χ1) is 26.9. The molecule has 5 atom stereocenters. The van der Waals surface area contributed by atoms with Crippen LogP contribution in [0, 0.1) is 0 Å². The van der Waals surface area contributed by atoms with E-state index in [2.05, 4.69) is 56.8 Å². The number of hydrogen-bond acceptors (Lipinski definition) is 8. The monoisotopic (exact) mass is 746 g/mol. The Morgan fingerprint density at radius 1 is 0.818 bits per heavy atom. The Kier molecular flexibility index (Phi) is 13.3. The molecular weight excluding hydrogens is 693 g/mol. The number of carbonyl (C=O) groups excluding carboxylic acids is 2. The summed E-state index contributed by atoms with van der Waals surface area (Å²) in [5.74, 6) is -0.500. The van der Waals surface area contributed by atoms with Gasteiger partial charge in [0.15, 0.2) is 6.29 Å². The molecule has 5 unspecified atom stereocenters. The minimum absolute atomic E-state index is 0.00421. The number of nitrogens with zero attached hydrogens (tertiary/aromatic N) is 2. The molecule has 10 heteroatoms. The number of benzene rings is 4. The number of aliphatic hydroxyl groups excluding tert-OH is 1. The zero-order chi connectivity index (χ0) is 38.0. The molecule has 0 aliphatic carbocycles. The minimum atomic E-state index is -0.815. The van der Waals surface area contributed by atoms with Crippen LogP contribution in [-0.4, -0.2) is 84.9 Å². The number of amides is 2. The van der Waals surface area contributed by atoms with Crippen molar-refractivity contribution in [2.45, 2.75) is 82.3 Å². The van der Waals surface area contributed by atoms with Crippen molar-refractivity contribution in [3.05, 3.63) is 131 Å². The molecule has 55 heavy (non-hydrogen) atoms. The van der Waals surface area contributed by atoms with E-state index >= 15 is 0 Å². The van der Waals surface area contributed by atoms with Crippen LogP contribution in [-0.2, 0) is 38.6 Å². The number of carbonyl (C=O) groups is 2. The van der Waals surface area contributed by atoms with Crippen LogP contribution in [0.25, 0.3) is 11.1 Å². The molecule has 3 aliphatic rings. The lowest BCUT2D eigenvalue weighted by Gasteiger charge is -2.39. The van der Waals surface area contributed by atoms with Crippen molar-refractivity contribution in [2.24, 2.45) is 0 Å². The second-order valence-corrected chi connectivity index (χ2v) is 15.0. The second-order valence-electron chi connectivity index (χ2n) is 15.0. The van der Waals surface area contributed by atoms with E-state index in [0.29, 0.717) is 12.5 Å². The van der Waals surface area contributed by atoms with Gasteiger partial charge in [-0.15, -0.1) is 0 Å². The predicted octanol–water partition coefficient (Wildman–Crippen LogP) is 6.54. The second kappa shape index (κ2) is 18.8. The normalized spacial score (nSPS) is 22.3. The Morgan fingerprint density at radius 3 is 2.29 bits per heavy atom. The molecule has 0 radical (unpaired) electrons. The van der Waals surface area contributed by atoms with Crippen LogP contribution in [0.2, 0.25) is 0 Å². The molecule has 7 rings (SSSR count). The van der Waals surface area contributed by atoms with Gasteiger partial charge < -0.3 is 34.9 Å². The van der Waals surface area contributed by atoms with Gasteiger partial charge in [0.25, 0.3) is 0 Å². The lowest BCUT2D eigenvalue weighted by atomic mass is 9.97. The zero-order valence-corrected chi connectivity index (χ0v) is 31.8. The van der Waals surface area contributed by atoms with Gasteiger partial charge in [-0.3, -0.25) is 4.90 Å². The van der Waals surface area contributed by atoms with Gasteiger partial charge in [-0.2, -0.15) is 0 Å². The smallest absolute Gasteiger partial charge is 0.328 e. The number of ether oxygens (including phenoxy) is 3. The lowest BCUT2D eigenvalue weighted by Crippen LogP contribution is -2.47. The first kappa shape index (κ1) is 38.7. The summed E-state index contributed by atoms with van der Waals surface area (Å²) in [6, 6.07) is 33.2. The standard InChI is InChI=1S/C45H54N4O6/c1-53-43(51)41(26-32-10-3-2-4-11-32)47-45(52)46-28-37-12-5-6-14-40(37)34-19-21-36(22-20-34)44-54-39(27-42(55-44)35-17-15-33(31-50)16-18-35)30-49-25-9-13-38(49)29-48-23-7-8-24-48/h2-6,10-12,14-22,38-39,41-42,44,50H,7-9,13,23-31H2,1H3,(H2,46,47,52).